The standard InChI is InChI=1S/C20H21N5O3S/c1-16-18(19-21-9-5-10-25(19)22-16)20(26)23-11-13-24(14-12-23)29(27,28)15-8-17-6-3-2-4-7-17/h2-10,15H,11-14H2,1H3/b15-8+. The summed E-state index contributed by atoms with van der Waals surface area (Å²) in [6.45, 7) is 2.91. The summed E-state index contributed by atoms with van der Waals surface area (Å²) in [5.74, 6) is -0.173. The summed E-state index contributed by atoms with van der Waals surface area (Å²) in [5.41, 5.74) is 2.40. The molecule has 8 nitrogen and oxygen atoms in total. The predicted octanol–water partition coefficient (Wildman–Crippen LogP) is 1.80. The van der Waals surface area contributed by atoms with Gasteiger partial charge in [-0.25, -0.2) is 17.9 Å². The number of benzene rings is 1. The lowest BCUT2D eigenvalue weighted by Gasteiger charge is -2.33. The second kappa shape index (κ2) is 7.76. The van der Waals surface area contributed by atoms with Crippen LogP contribution < -0.4 is 0 Å². The molecule has 0 atom stereocenters. The van der Waals surface area contributed by atoms with E-state index in [1.165, 1.54) is 9.71 Å². The molecule has 0 bridgehead atoms. The average Bonchev–Trinajstić information content (AvgIpc) is 3.08. The third-order valence-electron chi connectivity index (χ3n) is 4.90. The molecule has 2 aromatic heterocycles. The van der Waals surface area contributed by atoms with Gasteiger partial charge in [0.15, 0.2) is 5.65 Å². The number of hydrogen-bond donors (Lipinski definition) is 0. The molecule has 1 aliphatic rings. The highest BCUT2D eigenvalue weighted by Crippen LogP contribution is 2.18. The molecule has 0 radical (unpaired) electrons. The van der Waals surface area contributed by atoms with Crippen LogP contribution in [-0.4, -0.2) is 64.3 Å². The molecule has 9 heteroatoms. The molecular weight excluding hydrogens is 390 g/mol. The van der Waals surface area contributed by atoms with Gasteiger partial charge < -0.3 is 4.90 Å². The molecule has 1 aliphatic heterocycles. The highest BCUT2D eigenvalue weighted by molar-refractivity contribution is 7.92. The minimum Gasteiger partial charge on any atom is -0.336 e. The number of sulfonamides is 1. The minimum atomic E-state index is -3.54. The molecule has 1 fully saturated rings. The summed E-state index contributed by atoms with van der Waals surface area (Å²) in [5, 5.41) is 5.55. The van der Waals surface area contributed by atoms with E-state index in [0.29, 0.717) is 30.0 Å². The smallest absolute Gasteiger partial charge is 0.259 e. The molecular formula is C20H21N5O3S. The summed E-state index contributed by atoms with van der Waals surface area (Å²) in [7, 11) is -3.54. The first-order valence-electron chi connectivity index (χ1n) is 9.28. The highest BCUT2D eigenvalue weighted by Gasteiger charge is 2.30. The first-order valence-corrected chi connectivity index (χ1v) is 10.8. The minimum absolute atomic E-state index is 0.173. The molecule has 0 N–H and O–H groups in total. The Labute approximate surface area is 169 Å². The van der Waals surface area contributed by atoms with Crippen molar-refractivity contribution in [3.8, 4) is 0 Å². The van der Waals surface area contributed by atoms with Crippen molar-refractivity contribution in [1.29, 1.82) is 0 Å². The fourth-order valence-corrected chi connectivity index (χ4v) is 4.54. The molecule has 1 saturated heterocycles. The molecule has 1 amide bonds. The highest BCUT2D eigenvalue weighted by atomic mass is 32.2. The van der Waals surface area contributed by atoms with Gasteiger partial charge in [0.05, 0.1) is 5.69 Å². The van der Waals surface area contributed by atoms with E-state index < -0.39 is 10.0 Å². The predicted molar refractivity (Wildman–Crippen MR) is 110 cm³/mol. The first-order chi connectivity index (χ1) is 14.0. The van der Waals surface area contributed by atoms with Gasteiger partial charge in [0, 0.05) is 44.0 Å². The molecule has 1 aromatic carbocycles. The Balaban J connectivity index is 1.45. The second-order valence-corrected chi connectivity index (χ2v) is 8.62. The van der Waals surface area contributed by atoms with E-state index in [1.807, 2.05) is 30.3 Å². The molecule has 0 saturated carbocycles. The lowest BCUT2D eigenvalue weighted by atomic mass is 10.2. The van der Waals surface area contributed by atoms with Crippen molar-refractivity contribution < 1.29 is 13.2 Å². The first kappa shape index (κ1) is 19.3. The Hall–Kier alpha value is -3.04. The zero-order chi connectivity index (χ0) is 20.4. The van der Waals surface area contributed by atoms with Crippen LogP contribution in [0, 0.1) is 6.92 Å². The Bertz CT molecular complexity index is 1160. The Morgan fingerprint density at radius 1 is 1.07 bits per heavy atom. The third-order valence-corrected chi connectivity index (χ3v) is 6.47. The summed E-state index contributed by atoms with van der Waals surface area (Å²) >= 11 is 0. The second-order valence-electron chi connectivity index (χ2n) is 6.80. The average molecular weight is 411 g/mol. The SMILES string of the molecule is Cc1nn2cccnc2c1C(=O)N1CCN(S(=O)(=O)/C=C/c2ccccc2)CC1. The number of nitrogens with zero attached hydrogens (tertiary/aromatic N) is 5. The lowest BCUT2D eigenvalue weighted by Crippen LogP contribution is -2.50. The van der Waals surface area contributed by atoms with Crippen molar-refractivity contribution in [2.75, 3.05) is 26.2 Å². The van der Waals surface area contributed by atoms with Gasteiger partial charge in [-0.15, -0.1) is 0 Å². The number of piperazine rings is 1. The number of aromatic nitrogens is 3. The largest absolute Gasteiger partial charge is 0.336 e. The van der Waals surface area contributed by atoms with Gasteiger partial charge >= 0.3 is 0 Å². The van der Waals surface area contributed by atoms with Crippen molar-refractivity contribution in [3.63, 3.8) is 0 Å². The van der Waals surface area contributed by atoms with Gasteiger partial charge in [-0.3, -0.25) is 4.79 Å². The van der Waals surface area contributed by atoms with Gasteiger partial charge in [-0.1, -0.05) is 30.3 Å². The molecule has 3 heterocycles. The van der Waals surface area contributed by atoms with Crippen molar-refractivity contribution in [2.24, 2.45) is 0 Å². The topological polar surface area (TPSA) is 87.9 Å². The maximum atomic E-state index is 13.0. The normalized spacial score (nSPS) is 16.0. The fraction of sp³-hybridized carbons (Fsp3) is 0.250. The van der Waals surface area contributed by atoms with Gasteiger partial charge in [0.1, 0.15) is 5.56 Å². The van der Waals surface area contributed by atoms with E-state index in [2.05, 4.69) is 10.1 Å². The van der Waals surface area contributed by atoms with Gasteiger partial charge in [-0.2, -0.15) is 9.40 Å². The lowest BCUT2D eigenvalue weighted by molar-refractivity contribution is 0.0699. The van der Waals surface area contributed by atoms with Gasteiger partial charge in [0.25, 0.3) is 5.91 Å². The van der Waals surface area contributed by atoms with Crippen LogP contribution in [0.4, 0.5) is 0 Å². The van der Waals surface area contributed by atoms with Crippen LogP contribution >= 0.6 is 0 Å². The van der Waals surface area contributed by atoms with Crippen molar-refractivity contribution in [2.45, 2.75) is 6.92 Å². The number of rotatable bonds is 4. The number of carbonyl (C=O) groups excluding carboxylic acids is 1. The van der Waals surface area contributed by atoms with Crippen LogP contribution in [0.3, 0.4) is 0 Å². The van der Waals surface area contributed by atoms with Gasteiger partial charge in [-0.05, 0) is 24.6 Å². The van der Waals surface area contributed by atoms with E-state index in [9.17, 15) is 13.2 Å². The molecule has 4 rings (SSSR count). The van der Waals surface area contributed by atoms with Crippen molar-refractivity contribution >= 4 is 27.7 Å². The Kier molecular flexibility index (Phi) is 5.16. The fourth-order valence-electron chi connectivity index (χ4n) is 3.37. The van der Waals surface area contributed by atoms with E-state index in [0.717, 1.165) is 5.56 Å². The number of carbonyl (C=O) groups is 1. The third kappa shape index (κ3) is 3.92. The number of amides is 1. The molecule has 150 valence electrons. The maximum Gasteiger partial charge on any atom is 0.259 e. The quantitative estimate of drug-likeness (QED) is 0.653. The van der Waals surface area contributed by atoms with Gasteiger partial charge in [0.2, 0.25) is 10.0 Å². The molecule has 0 aliphatic carbocycles. The van der Waals surface area contributed by atoms with Crippen LogP contribution in [-0.2, 0) is 10.0 Å². The molecule has 3 aromatic rings. The summed E-state index contributed by atoms with van der Waals surface area (Å²) in [4.78, 5) is 18.9. The van der Waals surface area contributed by atoms with Crippen molar-refractivity contribution in [3.05, 3.63) is 71.0 Å². The zero-order valence-electron chi connectivity index (χ0n) is 16.0. The number of hydrogen-bond acceptors (Lipinski definition) is 5. The van der Waals surface area contributed by atoms with E-state index in [4.69, 9.17) is 0 Å². The zero-order valence-corrected chi connectivity index (χ0v) is 16.8. The Morgan fingerprint density at radius 2 is 1.79 bits per heavy atom. The van der Waals surface area contributed by atoms with Crippen LogP contribution in [0.25, 0.3) is 11.7 Å². The molecule has 0 unspecified atom stereocenters. The number of aryl methyl sites for hydroxylation is 1. The van der Waals surface area contributed by atoms with Crippen LogP contribution in [0.1, 0.15) is 21.6 Å². The molecule has 0 spiro atoms. The van der Waals surface area contributed by atoms with Crippen LogP contribution in [0.2, 0.25) is 0 Å². The van der Waals surface area contributed by atoms with E-state index in [-0.39, 0.29) is 19.0 Å². The van der Waals surface area contributed by atoms with E-state index in [1.54, 1.807) is 40.9 Å². The van der Waals surface area contributed by atoms with Crippen LogP contribution in [0.15, 0.2) is 54.2 Å². The summed E-state index contributed by atoms with van der Waals surface area (Å²) in [6.07, 6.45) is 4.95. The van der Waals surface area contributed by atoms with Crippen LogP contribution in [0.5, 0.6) is 0 Å². The summed E-state index contributed by atoms with van der Waals surface area (Å²) < 4.78 is 28.2. The molecule has 29 heavy (non-hydrogen) atoms. The van der Waals surface area contributed by atoms with Crippen molar-refractivity contribution in [1.82, 2.24) is 23.8 Å². The Morgan fingerprint density at radius 3 is 2.52 bits per heavy atom. The summed E-state index contributed by atoms with van der Waals surface area (Å²) in [6, 6.07) is 11.0. The monoisotopic (exact) mass is 411 g/mol. The maximum absolute atomic E-state index is 13.0. The number of fused-ring (bicyclic) bond motifs is 1. The van der Waals surface area contributed by atoms with E-state index >= 15 is 0 Å².